The lowest BCUT2D eigenvalue weighted by atomic mass is 9.96. The Bertz CT molecular complexity index is 255. The van der Waals surface area contributed by atoms with E-state index in [1.54, 1.807) is 0 Å². The molecule has 0 aromatic carbocycles. The van der Waals surface area contributed by atoms with Gasteiger partial charge < -0.3 is 5.32 Å². The van der Waals surface area contributed by atoms with Crippen LogP contribution in [0, 0.1) is 5.92 Å². The summed E-state index contributed by atoms with van der Waals surface area (Å²) in [4.78, 5) is 0. The molecule has 1 fully saturated rings. The molecule has 0 radical (unpaired) electrons. The Morgan fingerprint density at radius 3 is 2.47 bits per heavy atom. The van der Waals surface area contributed by atoms with Crippen molar-refractivity contribution in [1.82, 2.24) is 5.32 Å². The summed E-state index contributed by atoms with van der Waals surface area (Å²) in [5, 5.41) is 4.06. The van der Waals surface area contributed by atoms with Crippen molar-refractivity contribution in [3.05, 3.63) is 0 Å². The third-order valence-corrected chi connectivity index (χ3v) is 6.48. The van der Waals surface area contributed by atoms with E-state index in [0.717, 1.165) is 25.1 Å². The highest BCUT2D eigenvalue weighted by molar-refractivity contribution is 7.85. The zero-order chi connectivity index (χ0) is 14.1. The van der Waals surface area contributed by atoms with Crippen LogP contribution in [0.3, 0.4) is 0 Å². The molecule has 0 amide bonds. The maximum Gasteiger partial charge on any atom is 0.0501 e. The molecule has 0 saturated heterocycles. The van der Waals surface area contributed by atoms with Crippen LogP contribution < -0.4 is 5.32 Å². The van der Waals surface area contributed by atoms with Crippen LogP contribution in [0.2, 0.25) is 0 Å². The van der Waals surface area contributed by atoms with E-state index >= 15 is 0 Å². The molecular weight excluding hydrogens is 254 g/mol. The Labute approximate surface area is 122 Å². The lowest BCUT2D eigenvalue weighted by molar-refractivity contribution is 0.394. The summed E-state index contributed by atoms with van der Waals surface area (Å²) in [6.45, 7) is 7.71. The second-order valence-electron chi connectivity index (χ2n) is 6.15. The van der Waals surface area contributed by atoms with Gasteiger partial charge in [-0.2, -0.15) is 0 Å². The van der Waals surface area contributed by atoms with E-state index in [0.29, 0.717) is 17.2 Å². The summed E-state index contributed by atoms with van der Waals surface area (Å²) in [6.07, 6.45) is 9.94. The van der Waals surface area contributed by atoms with Crippen molar-refractivity contribution in [2.24, 2.45) is 5.92 Å². The first-order valence-electron chi connectivity index (χ1n) is 8.29. The molecule has 1 aliphatic carbocycles. The molecule has 0 aliphatic heterocycles. The molecular formula is C16H33NOS. The van der Waals surface area contributed by atoms with Crippen molar-refractivity contribution in [3.8, 4) is 0 Å². The molecule has 114 valence electrons. The average Bonchev–Trinajstić information content (AvgIpc) is 2.37. The molecule has 4 unspecified atom stereocenters. The van der Waals surface area contributed by atoms with Crippen LogP contribution in [-0.4, -0.2) is 27.8 Å². The summed E-state index contributed by atoms with van der Waals surface area (Å²) >= 11 is 0. The van der Waals surface area contributed by atoms with Crippen LogP contribution in [0.4, 0.5) is 0 Å². The predicted octanol–water partition coefficient (Wildman–Crippen LogP) is 3.87. The van der Waals surface area contributed by atoms with Gasteiger partial charge >= 0.3 is 0 Å². The van der Waals surface area contributed by atoms with E-state index in [9.17, 15) is 4.21 Å². The summed E-state index contributed by atoms with van der Waals surface area (Å²) in [5.41, 5.74) is 0. The summed E-state index contributed by atoms with van der Waals surface area (Å²) in [6, 6.07) is 0.491. The van der Waals surface area contributed by atoms with Gasteiger partial charge in [0, 0.05) is 22.6 Å². The van der Waals surface area contributed by atoms with Gasteiger partial charge in [0.1, 0.15) is 0 Å². The SMILES string of the molecule is CCCNC1CCCCCCC1S(=O)CC(C)CC. The smallest absolute Gasteiger partial charge is 0.0501 e. The highest BCUT2D eigenvalue weighted by atomic mass is 32.2. The largest absolute Gasteiger partial charge is 0.313 e. The minimum absolute atomic E-state index is 0.390. The van der Waals surface area contributed by atoms with Gasteiger partial charge in [0.15, 0.2) is 0 Å². The van der Waals surface area contributed by atoms with Gasteiger partial charge in [0.05, 0.1) is 5.25 Å². The first-order valence-corrected chi connectivity index (χ1v) is 9.67. The van der Waals surface area contributed by atoms with Crippen molar-refractivity contribution in [2.45, 2.75) is 83.4 Å². The molecule has 0 aromatic rings. The maximum absolute atomic E-state index is 12.7. The van der Waals surface area contributed by atoms with Crippen molar-refractivity contribution in [1.29, 1.82) is 0 Å². The van der Waals surface area contributed by atoms with Crippen LogP contribution in [0.1, 0.15) is 72.1 Å². The Morgan fingerprint density at radius 2 is 1.84 bits per heavy atom. The standard InChI is InChI=1S/C16H33NOS/c1-4-12-17-15-10-8-6-7-9-11-16(15)19(18)13-14(3)5-2/h14-17H,4-13H2,1-3H3. The number of nitrogens with one attached hydrogen (secondary N) is 1. The van der Waals surface area contributed by atoms with Crippen molar-refractivity contribution < 1.29 is 4.21 Å². The molecule has 19 heavy (non-hydrogen) atoms. The molecule has 1 aliphatic rings. The molecule has 0 spiro atoms. The Morgan fingerprint density at radius 1 is 1.16 bits per heavy atom. The van der Waals surface area contributed by atoms with Crippen LogP contribution in [0.25, 0.3) is 0 Å². The molecule has 1 N–H and O–H groups in total. The molecule has 0 bridgehead atoms. The third kappa shape index (κ3) is 6.40. The van der Waals surface area contributed by atoms with E-state index in [1.165, 1.54) is 38.5 Å². The first kappa shape index (κ1) is 17.2. The van der Waals surface area contributed by atoms with Crippen LogP contribution >= 0.6 is 0 Å². The van der Waals surface area contributed by atoms with E-state index < -0.39 is 10.8 Å². The highest BCUT2D eigenvalue weighted by Gasteiger charge is 2.27. The van der Waals surface area contributed by atoms with Crippen LogP contribution in [-0.2, 0) is 10.8 Å². The van der Waals surface area contributed by atoms with Gasteiger partial charge in [-0.3, -0.25) is 4.21 Å². The van der Waals surface area contributed by atoms with E-state index in [4.69, 9.17) is 0 Å². The zero-order valence-corrected chi connectivity index (χ0v) is 13.9. The zero-order valence-electron chi connectivity index (χ0n) is 13.1. The van der Waals surface area contributed by atoms with Gasteiger partial charge in [-0.25, -0.2) is 0 Å². The Kier molecular flexibility index (Phi) is 8.97. The summed E-state index contributed by atoms with van der Waals surface area (Å²) < 4.78 is 12.7. The Balaban J connectivity index is 2.61. The van der Waals surface area contributed by atoms with Gasteiger partial charge in [-0.05, 0) is 31.7 Å². The lowest BCUT2D eigenvalue weighted by Crippen LogP contribution is -2.44. The number of hydrogen-bond donors (Lipinski definition) is 1. The van der Waals surface area contributed by atoms with Crippen LogP contribution in [0.15, 0.2) is 0 Å². The molecule has 0 heterocycles. The Hall–Kier alpha value is 0.110. The molecule has 2 nitrogen and oxygen atoms in total. The van der Waals surface area contributed by atoms with E-state index in [1.807, 2.05) is 0 Å². The fraction of sp³-hybridized carbons (Fsp3) is 1.00. The minimum Gasteiger partial charge on any atom is -0.313 e. The molecule has 1 saturated carbocycles. The van der Waals surface area contributed by atoms with Gasteiger partial charge in [-0.15, -0.1) is 0 Å². The molecule has 0 aromatic heterocycles. The molecule has 4 atom stereocenters. The second kappa shape index (κ2) is 9.93. The monoisotopic (exact) mass is 287 g/mol. The minimum atomic E-state index is -0.651. The predicted molar refractivity (Wildman–Crippen MR) is 86.0 cm³/mol. The van der Waals surface area contributed by atoms with Crippen LogP contribution in [0.5, 0.6) is 0 Å². The van der Waals surface area contributed by atoms with Crippen molar-refractivity contribution in [2.75, 3.05) is 12.3 Å². The summed E-state index contributed by atoms with van der Waals surface area (Å²) in [7, 11) is -0.651. The van der Waals surface area contributed by atoms with Gasteiger partial charge in [0.2, 0.25) is 0 Å². The maximum atomic E-state index is 12.7. The third-order valence-electron chi connectivity index (χ3n) is 4.34. The second-order valence-corrected chi connectivity index (χ2v) is 7.85. The number of rotatable bonds is 7. The van der Waals surface area contributed by atoms with Gasteiger partial charge in [-0.1, -0.05) is 52.9 Å². The fourth-order valence-electron chi connectivity index (χ4n) is 2.85. The van der Waals surface area contributed by atoms with Crippen molar-refractivity contribution >= 4 is 10.8 Å². The first-order chi connectivity index (χ1) is 9.19. The van der Waals surface area contributed by atoms with Gasteiger partial charge in [0.25, 0.3) is 0 Å². The lowest BCUT2D eigenvalue weighted by Gasteiger charge is -2.30. The highest BCUT2D eigenvalue weighted by Crippen LogP contribution is 2.23. The molecule has 3 heteroatoms. The number of hydrogen-bond acceptors (Lipinski definition) is 2. The molecule has 1 rings (SSSR count). The fourth-order valence-corrected chi connectivity index (χ4v) is 4.92. The van der Waals surface area contributed by atoms with Crippen molar-refractivity contribution in [3.63, 3.8) is 0 Å². The topological polar surface area (TPSA) is 29.1 Å². The normalized spacial score (nSPS) is 28.4. The van der Waals surface area contributed by atoms with E-state index in [2.05, 4.69) is 26.1 Å². The van der Waals surface area contributed by atoms with E-state index in [-0.39, 0.29) is 0 Å². The average molecular weight is 288 g/mol. The quantitative estimate of drug-likeness (QED) is 0.770. The summed E-state index contributed by atoms with van der Waals surface area (Å²) in [5.74, 6) is 1.49.